The first-order valence-corrected chi connectivity index (χ1v) is 8.21. The molecule has 110 valence electrons. The number of nitrogens with one attached hydrogen (secondary N) is 1. The molecule has 3 rings (SSSR count). The van der Waals surface area contributed by atoms with Gasteiger partial charge in [-0.3, -0.25) is 0 Å². The highest BCUT2D eigenvalue weighted by Crippen LogP contribution is 2.32. The van der Waals surface area contributed by atoms with Crippen molar-refractivity contribution in [1.29, 1.82) is 0 Å². The third kappa shape index (κ3) is 3.16. The Kier molecular flexibility index (Phi) is 4.35. The highest BCUT2D eigenvalue weighted by atomic mass is 127. The summed E-state index contributed by atoms with van der Waals surface area (Å²) in [4.78, 5) is 1.55. The second-order valence-electron chi connectivity index (χ2n) is 5.50. The van der Waals surface area contributed by atoms with Crippen LogP contribution in [0.1, 0.15) is 16.7 Å². The number of benzene rings is 2. The van der Waals surface area contributed by atoms with Crippen molar-refractivity contribution in [3.05, 3.63) is 56.7 Å². The molecule has 0 amide bonds. The molecule has 1 aliphatic heterocycles. The second kappa shape index (κ2) is 6.23. The topological polar surface area (TPSA) is 33.9 Å². The van der Waals surface area contributed by atoms with E-state index in [1.165, 1.54) is 16.7 Å². The summed E-state index contributed by atoms with van der Waals surface area (Å²) in [6, 6.07) is 12.7. The van der Waals surface area contributed by atoms with Gasteiger partial charge in [0, 0.05) is 17.5 Å². The first-order chi connectivity index (χ1) is 10.2. The summed E-state index contributed by atoms with van der Waals surface area (Å²) in [5.41, 5.74) is 4.15. The molecule has 4 heteroatoms. The van der Waals surface area contributed by atoms with Gasteiger partial charge in [0.15, 0.2) is 11.5 Å². The van der Waals surface area contributed by atoms with Crippen LogP contribution in [0, 0.1) is 3.57 Å². The van der Waals surface area contributed by atoms with Crippen molar-refractivity contribution < 1.29 is 14.7 Å². The van der Waals surface area contributed by atoms with Crippen LogP contribution < -0.4 is 9.64 Å². The SMILES string of the molecule is COc1cc(C[NH+]2CCc3ccccc3C2)cc(I)c1O. The van der Waals surface area contributed by atoms with E-state index in [0.29, 0.717) is 5.75 Å². The standard InChI is InChI=1S/C17H18INO2/c1-21-16-9-12(8-15(18)17(16)20)10-19-7-6-13-4-2-3-5-14(13)11-19/h2-5,8-9,20H,6-7,10-11H2,1H3/p+1. The molecule has 2 aromatic carbocycles. The lowest BCUT2D eigenvalue weighted by Crippen LogP contribution is -3.10. The van der Waals surface area contributed by atoms with E-state index in [9.17, 15) is 5.11 Å². The van der Waals surface area contributed by atoms with Crippen LogP contribution in [0.2, 0.25) is 0 Å². The highest BCUT2D eigenvalue weighted by molar-refractivity contribution is 14.1. The molecule has 0 spiro atoms. The van der Waals surface area contributed by atoms with E-state index in [2.05, 4.69) is 46.9 Å². The number of phenolic OH excluding ortho intramolecular Hbond substituents is 1. The molecule has 2 aromatic rings. The lowest BCUT2D eigenvalue weighted by Gasteiger charge is -2.26. The zero-order valence-corrected chi connectivity index (χ0v) is 14.2. The summed E-state index contributed by atoms with van der Waals surface area (Å²) in [5, 5.41) is 9.92. The predicted octanol–water partition coefficient (Wildman–Crippen LogP) is 2.15. The van der Waals surface area contributed by atoms with Crippen molar-refractivity contribution in [2.75, 3.05) is 13.7 Å². The molecule has 0 aliphatic carbocycles. The van der Waals surface area contributed by atoms with Crippen molar-refractivity contribution in [1.82, 2.24) is 0 Å². The van der Waals surface area contributed by atoms with Crippen LogP contribution in [-0.4, -0.2) is 18.8 Å². The Labute approximate surface area is 138 Å². The molecule has 0 bridgehead atoms. The molecule has 1 unspecified atom stereocenters. The number of phenols is 1. The van der Waals surface area contributed by atoms with E-state index < -0.39 is 0 Å². The molecule has 1 heterocycles. The number of ether oxygens (including phenoxy) is 1. The molecule has 2 N–H and O–H groups in total. The van der Waals surface area contributed by atoms with Gasteiger partial charge in [0.05, 0.1) is 17.2 Å². The molecule has 0 radical (unpaired) electrons. The quantitative estimate of drug-likeness (QED) is 0.780. The van der Waals surface area contributed by atoms with Crippen molar-refractivity contribution in [3.8, 4) is 11.5 Å². The Balaban J connectivity index is 1.78. The number of halogens is 1. The third-order valence-electron chi connectivity index (χ3n) is 4.07. The highest BCUT2D eigenvalue weighted by Gasteiger charge is 2.20. The minimum absolute atomic E-state index is 0.237. The van der Waals surface area contributed by atoms with Crippen LogP contribution in [0.4, 0.5) is 0 Å². The normalized spacial score (nSPS) is 17.3. The molecule has 21 heavy (non-hydrogen) atoms. The van der Waals surface area contributed by atoms with Gasteiger partial charge in [-0.1, -0.05) is 24.3 Å². The number of rotatable bonds is 3. The average Bonchev–Trinajstić information content (AvgIpc) is 2.50. The molecule has 0 saturated heterocycles. The van der Waals surface area contributed by atoms with Crippen LogP contribution in [0.15, 0.2) is 36.4 Å². The van der Waals surface area contributed by atoms with E-state index >= 15 is 0 Å². The summed E-state index contributed by atoms with van der Waals surface area (Å²) in [6.45, 7) is 3.17. The molecule has 3 nitrogen and oxygen atoms in total. The van der Waals surface area contributed by atoms with E-state index in [4.69, 9.17) is 4.74 Å². The summed E-state index contributed by atoms with van der Waals surface area (Å²) in [5.74, 6) is 0.801. The fourth-order valence-corrected chi connectivity index (χ4v) is 3.63. The van der Waals surface area contributed by atoms with Crippen LogP contribution in [-0.2, 0) is 19.5 Å². The monoisotopic (exact) mass is 396 g/mol. The van der Waals surface area contributed by atoms with Gasteiger partial charge in [-0.05, 0) is 40.3 Å². The number of hydrogen-bond acceptors (Lipinski definition) is 2. The van der Waals surface area contributed by atoms with Gasteiger partial charge in [0.25, 0.3) is 0 Å². The molecule has 0 saturated carbocycles. The average molecular weight is 396 g/mol. The second-order valence-corrected chi connectivity index (χ2v) is 6.66. The number of hydrogen-bond donors (Lipinski definition) is 2. The maximum atomic E-state index is 9.92. The predicted molar refractivity (Wildman–Crippen MR) is 90.8 cm³/mol. The fraction of sp³-hybridized carbons (Fsp3) is 0.294. The maximum absolute atomic E-state index is 9.92. The van der Waals surface area contributed by atoms with Crippen molar-refractivity contribution in [3.63, 3.8) is 0 Å². The minimum atomic E-state index is 0.237. The van der Waals surface area contributed by atoms with Gasteiger partial charge in [-0.25, -0.2) is 0 Å². The van der Waals surface area contributed by atoms with Gasteiger partial charge in [-0.2, -0.15) is 0 Å². The van der Waals surface area contributed by atoms with Crippen LogP contribution >= 0.6 is 22.6 Å². The summed E-state index contributed by atoms with van der Waals surface area (Å²) in [6.07, 6.45) is 1.14. The van der Waals surface area contributed by atoms with Crippen molar-refractivity contribution >= 4 is 22.6 Å². The number of aromatic hydroxyl groups is 1. The summed E-state index contributed by atoms with van der Waals surface area (Å²) < 4.78 is 6.09. The molecular weight excluding hydrogens is 377 g/mol. The Morgan fingerprint density at radius 2 is 2.00 bits per heavy atom. The van der Waals surface area contributed by atoms with Gasteiger partial charge in [0.1, 0.15) is 13.1 Å². The van der Waals surface area contributed by atoms with Crippen LogP contribution in [0.25, 0.3) is 0 Å². The molecule has 1 atom stereocenters. The van der Waals surface area contributed by atoms with E-state index in [1.54, 1.807) is 12.0 Å². The fourth-order valence-electron chi connectivity index (χ4n) is 2.97. The smallest absolute Gasteiger partial charge is 0.171 e. The minimum Gasteiger partial charge on any atom is -0.504 e. The van der Waals surface area contributed by atoms with E-state index in [-0.39, 0.29) is 5.75 Å². The van der Waals surface area contributed by atoms with Gasteiger partial charge >= 0.3 is 0 Å². The third-order valence-corrected chi connectivity index (χ3v) is 4.89. The number of fused-ring (bicyclic) bond motifs is 1. The van der Waals surface area contributed by atoms with E-state index in [1.807, 2.05) is 12.1 Å². The van der Waals surface area contributed by atoms with E-state index in [0.717, 1.165) is 29.6 Å². The lowest BCUT2D eigenvalue weighted by atomic mass is 9.99. The molecule has 0 aromatic heterocycles. The number of quaternary nitrogens is 1. The zero-order chi connectivity index (χ0) is 14.8. The summed E-state index contributed by atoms with van der Waals surface area (Å²) in [7, 11) is 1.60. The zero-order valence-electron chi connectivity index (χ0n) is 12.0. The molecular formula is C17H19INO2+. The Morgan fingerprint density at radius 3 is 2.76 bits per heavy atom. The van der Waals surface area contributed by atoms with Gasteiger partial charge in [-0.15, -0.1) is 0 Å². The van der Waals surface area contributed by atoms with Crippen LogP contribution in [0.5, 0.6) is 11.5 Å². The van der Waals surface area contributed by atoms with Gasteiger partial charge in [0.2, 0.25) is 0 Å². The number of methoxy groups -OCH3 is 1. The van der Waals surface area contributed by atoms with Crippen molar-refractivity contribution in [2.24, 2.45) is 0 Å². The maximum Gasteiger partial charge on any atom is 0.171 e. The van der Waals surface area contributed by atoms with Crippen molar-refractivity contribution in [2.45, 2.75) is 19.5 Å². The van der Waals surface area contributed by atoms with Crippen LogP contribution in [0.3, 0.4) is 0 Å². The largest absolute Gasteiger partial charge is 0.504 e. The molecule has 1 aliphatic rings. The summed E-state index contributed by atoms with van der Waals surface area (Å²) >= 11 is 2.15. The van der Waals surface area contributed by atoms with Gasteiger partial charge < -0.3 is 14.7 Å². The first kappa shape index (κ1) is 14.7. The lowest BCUT2D eigenvalue weighted by molar-refractivity contribution is -0.929. The first-order valence-electron chi connectivity index (χ1n) is 7.13. The Morgan fingerprint density at radius 1 is 1.24 bits per heavy atom. The molecule has 0 fully saturated rings. The Bertz CT molecular complexity index is 657. The Hall–Kier alpha value is -1.27.